The zero-order chi connectivity index (χ0) is 17.5. The first-order valence-corrected chi connectivity index (χ1v) is 8.23. The predicted octanol–water partition coefficient (Wildman–Crippen LogP) is 4.38. The van der Waals surface area contributed by atoms with Crippen LogP contribution in [0.25, 0.3) is 11.5 Å². The van der Waals surface area contributed by atoms with Crippen LogP contribution in [0, 0.1) is 6.92 Å². The summed E-state index contributed by atoms with van der Waals surface area (Å²) in [5, 5.41) is 4.68. The molecule has 0 radical (unpaired) electrons. The van der Waals surface area contributed by atoms with E-state index in [0.717, 1.165) is 17.5 Å². The second-order valence-electron chi connectivity index (χ2n) is 6.85. The second-order valence-corrected chi connectivity index (χ2v) is 7.26. The van der Waals surface area contributed by atoms with Crippen LogP contribution >= 0.6 is 11.6 Å². The van der Waals surface area contributed by atoms with Gasteiger partial charge in [-0.2, -0.15) is 4.98 Å². The van der Waals surface area contributed by atoms with E-state index in [-0.39, 0.29) is 12.1 Å². The molecule has 128 valence electrons. The fourth-order valence-corrected chi connectivity index (χ4v) is 2.69. The number of likely N-dealkylation sites (tertiary alicyclic amines) is 1. The molecule has 6 nitrogen and oxygen atoms in total. The molecule has 0 aliphatic carbocycles. The molecule has 3 rings (SSSR count). The molecular weight excluding hydrogens is 330 g/mol. The van der Waals surface area contributed by atoms with Gasteiger partial charge in [0.2, 0.25) is 0 Å². The fraction of sp³-hybridized carbons (Fsp3) is 0.471. The van der Waals surface area contributed by atoms with Crippen molar-refractivity contribution in [2.24, 2.45) is 0 Å². The molecule has 0 bridgehead atoms. The minimum atomic E-state index is -0.530. The quantitative estimate of drug-likeness (QED) is 0.804. The van der Waals surface area contributed by atoms with Gasteiger partial charge >= 0.3 is 6.09 Å². The molecule has 0 spiro atoms. The van der Waals surface area contributed by atoms with Gasteiger partial charge in [-0.25, -0.2) is 4.79 Å². The fourth-order valence-electron chi connectivity index (χ4n) is 2.51. The Morgan fingerprint density at radius 1 is 1.42 bits per heavy atom. The van der Waals surface area contributed by atoms with Gasteiger partial charge in [-0.15, -0.1) is 0 Å². The summed E-state index contributed by atoms with van der Waals surface area (Å²) in [6.45, 7) is 8.05. The molecule has 1 fully saturated rings. The molecule has 24 heavy (non-hydrogen) atoms. The van der Waals surface area contributed by atoms with Gasteiger partial charge in [0.15, 0.2) is 5.82 Å². The Labute approximate surface area is 145 Å². The van der Waals surface area contributed by atoms with Gasteiger partial charge < -0.3 is 9.26 Å². The van der Waals surface area contributed by atoms with Crippen molar-refractivity contribution in [2.45, 2.75) is 45.8 Å². The molecular formula is C17H20ClN3O3. The number of hydrogen-bond acceptors (Lipinski definition) is 5. The summed E-state index contributed by atoms with van der Waals surface area (Å²) in [4.78, 5) is 18.3. The van der Waals surface area contributed by atoms with Gasteiger partial charge in [-0.1, -0.05) is 22.8 Å². The smallest absolute Gasteiger partial charge is 0.410 e. The Balaban J connectivity index is 1.79. The van der Waals surface area contributed by atoms with Crippen LogP contribution in [0.2, 0.25) is 5.02 Å². The summed E-state index contributed by atoms with van der Waals surface area (Å²) in [6, 6.07) is 5.32. The molecule has 1 aliphatic heterocycles. The third kappa shape index (κ3) is 3.24. The zero-order valence-corrected chi connectivity index (χ0v) is 14.9. The zero-order valence-electron chi connectivity index (χ0n) is 14.2. The first kappa shape index (κ1) is 16.8. The number of amides is 1. The van der Waals surface area contributed by atoms with Gasteiger partial charge in [-0.05, 0) is 51.8 Å². The van der Waals surface area contributed by atoms with Crippen LogP contribution in [0.1, 0.15) is 44.6 Å². The molecule has 1 aromatic heterocycles. The maximum atomic E-state index is 12.2. The van der Waals surface area contributed by atoms with E-state index in [1.807, 2.05) is 45.9 Å². The number of aromatic nitrogens is 2. The van der Waals surface area contributed by atoms with Crippen LogP contribution < -0.4 is 0 Å². The molecule has 2 heterocycles. The van der Waals surface area contributed by atoms with Gasteiger partial charge in [0, 0.05) is 17.1 Å². The number of benzene rings is 1. The molecule has 1 atom stereocenters. The van der Waals surface area contributed by atoms with Gasteiger partial charge in [0.25, 0.3) is 5.89 Å². The van der Waals surface area contributed by atoms with Crippen molar-refractivity contribution in [2.75, 3.05) is 6.54 Å². The van der Waals surface area contributed by atoms with Gasteiger partial charge in [0.05, 0.1) is 0 Å². The van der Waals surface area contributed by atoms with E-state index in [1.165, 1.54) is 0 Å². The summed E-state index contributed by atoms with van der Waals surface area (Å²) in [5.74, 6) is 0.891. The highest BCUT2D eigenvalue weighted by Crippen LogP contribution is 2.35. The highest BCUT2D eigenvalue weighted by atomic mass is 35.5. The Bertz CT molecular complexity index is 767. The van der Waals surface area contributed by atoms with Gasteiger partial charge in [-0.3, -0.25) is 4.90 Å². The molecule has 1 amide bonds. The standard InChI is InChI=1S/C17H20ClN3O3/c1-10-11(6-5-7-12(10)18)15-19-14(20-24-15)13-8-9-21(13)16(22)23-17(2,3)4/h5-7,13H,8-9H2,1-4H3. The molecule has 2 aromatic rings. The normalized spacial score (nSPS) is 17.5. The summed E-state index contributed by atoms with van der Waals surface area (Å²) in [5.41, 5.74) is 1.15. The number of halogens is 1. The SMILES string of the molecule is Cc1c(Cl)cccc1-c1nc(C2CCN2C(=O)OC(C)(C)C)no1. The van der Waals surface area contributed by atoms with Crippen LogP contribution in [0.4, 0.5) is 4.79 Å². The van der Waals surface area contributed by atoms with Crippen molar-refractivity contribution in [1.29, 1.82) is 0 Å². The molecule has 7 heteroatoms. The third-order valence-corrected chi connectivity index (χ3v) is 4.30. The highest BCUT2D eigenvalue weighted by molar-refractivity contribution is 6.31. The first-order valence-electron chi connectivity index (χ1n) is 7.85. The topological polar surface area (TPSA) is 68.5 Å². The lowest BCUT2D eigenvalue weighted by molar-refractivity contribution is -0.00772. The van der Waals surface area contributed by atoms with Crippen molar-refractivity contribution in [3.63, 3.8) is 0 Å². The minimum absolute atomic E-state index is 0.211. The number of ether oxygens (including phenoxy) is 1. The van der Waals surface area contributed by atoms with E-state index in [0.29, 0.717) is 23.3 Å². The Morgan fingerprint density at radius 2 is 2.17 bits per heavy atom. The van der Waals surface area contributed by atoms with E-state index in [9.17, 15) is 4.79 Å². The maximum absolute atomic E-state index is 12.2. The summed E-state index contributed by atoms with van der Waals surface area (Å²) in [6.07, 6.45) is 0.427. The number of rotatable bonds is 2. The second kappa shape index (κ2) is 6.09. The highest BCUT2D eigenvalue weighted by Gasteiger charge is 2.39. The third-order valence-electron chi connectivity index (χ3n) is 3.89. The predicted molar refractivity (Wildman–Crippen MR) is 89.8 cm³/mol. The first-order chi connectivity index (χ1) is 11.3. The number of carbonyl (C=O) groups is 1. The summed E-state index contributed by atoms with van der Waals surface area (Å²) in [7, 11) is 0. The van der Waals surface area contributed by atoms with Crippen molar-refractivity contribution >= 4 is 17.7 Å². The van der Waals surface area contributed by atoms with E-state index in [1.54, 1.807) is 4.90 Å². The average molecular weight is 350 g/mol. The molecule has 1 aliphatic rings. The van der Waals surface area contributed by atoms with Crippen molar-refractivity contribution in [1.82, 2.24) is 15.0 Å². The summed E-state index contributed by atoms with van der Waals surface area (Å²) >= 11 is 6.14. The number of nitrogens with zero attached hydrogens (tertiary/aromatic N) is 3. The van der Waals surface area contributed by atoms with E-state index in [2.05, 4.69) is 10.1 Å². The largest absolute Gasteiger partial charge is 0.444 e. The van der Waals surface area contributed by atoms with Crippen LogP contribution in [0.15, 0.2) is 22.7 Å². The van der Waals surface area contributed by atoms with Crippen molar-refractivity contribution in [3.05, 3.63) is 34.6 Å². The maximum Gasteiger partial charge on any atom is 0.410 e. The molecule has 1 unspecified atom stereocenters. The molecule has 0 saturated carbocycles. The lowest BCUT2D eigenvalue weighted by atomic mass is 10.0. The van der Waals surface area contributed by atoms with Crippen molar-refractivity contribution in [3.8, 4) is 11.5 Å². The molecule has 1 aromatic carbocycles. The minimum Gasteiger partial charge on any atom is -0.444 e. The van der Waals surface area contributed by atoms with Crippen LogP contribution in [-0.4, -0.2) is 33.3 Å². The number of carbonyl (C=O) groups excluding carboxylic acids is 1. The van der Waals surface area contributed by atoms with E-state index >= 15 is 0 Å². The average Bonchev–Trinajstić information content (AvgIpc) is 2.87. The van der Waals surface area contributed by atoms with Crippen LogP contribution in [0.3, 0.4) is 0 Å². The van der Waals surface area contributed by atoms with E-state index in [4.69, 9.17) is 20.9 Å². The Kier molecular flexibility index (Phi) is 4.25. The summed E-state index contributed by atoms with van der Waals surface area (Å²) < 4.78 is 10.8. The number of hydrogen-bond donors (Lipinski definition) is 0. The van der Waals surface area contributed by atoms with E-state index < -0.39 is 5.60 Å². The molecule has 1 saturated heterocycles. The lowest BCUT2D eigenvalue weighted by Gasteiger charge is -2.39. The van der Waals surface area contributed by atoms with Gasteiger partial charge in [0.1, 0.15) is 11.6 Å². The Morgan fingerprint density at radius 3 is 2.79 bits per heavy atom. The van der Waals surface area contributed by atoms with Crippen LogP contribution in [0.5, 0.6) is 0 Å². The Hall–Kier alpha value is -2.08. The molecule has 0 N–H and O–H groups in total. The monoisotopic (exact) mass is 349 g/mol. The lowest BCUT2D eigenvalue weighted by Crippen LogP contribution is -2.47. The van der Waals surface area contributed by atoms with Crippen molar-refractivity contribution < 1.29 is 14.1 Å². The van der Waals surface area contributed by atoms with Crippen LogP contribution in [-0.2, 0) is 4.74 Å².